The molecule has 1 amide bonds. The molecule has 0 bridgehead atoms. The van der Waals surface area contributed by atoms with Gasteiger partial charge in [-0.1, -0.05) is 179 Å². The number of carbonyl (C=O) groups excluding carboxylic acids is 1. The van der Waals surface area contributed by atoms with E-state index in [9.17, 15) is 9.90 Å². The number of hydrogen-bond donors (Lipinski definition) is 3. The average Bonchev–Trinajstić information content (AvgIpc) is 3.14. The van der Waals surface area contributed by atoms with E-state index in [1.165, 1.54) is 24.8 Å². The van der Waals surface area contributed by atoms with Crippen LogP contribution >= 0.6 is 12.2 Å². The van der Waals surface area contributed by atoms with Crippen molar-refractivity contribution in [3.8, 4) is 0 Å². The third-order valence-corrected chi connectivity index (χ3v) is 10.7. The zero-order chi connectivity index (χ0) is 34.5. The molecule has 3 atom stereocenters. The van der Waals surface area contributed by atoms with Crippen LogP contribution in [-0.4, -0.2) is 34.7 Å². The topological polar surface area (TPSA) is 61.4 Å². The minimum atomic E-state index is -0.764. The summed E-state index contributed by atoms with van der Waals surface area (Å²) in [4.78, 5) is 14.4. The number of carbonyl (C=O) groups is 1. The first-order valence-corrected chi connectivity index (χ1v) is 18.7. The standard InChI is InChI=1S/C44H54N2O2S/c1-33(2)30-39(43(49)46-40(31-35-20-10-4-11-21-35)42(48)45-29-28-34-18-8-3-9-19-34)41(47)32-44(36-22-12-5-13-23-36,37-24-14-6-15-25-37)38-26-16-7-17-27-38/h3,5-9,12-19,22-27,33,35,39-41,47H,4,10-11,20-21,28-32H2,1-2H3,(H,45,48)(H,46,49)/t39?,40-,41?/m0/s1. The molecule has 4 nitrogen and oxygen atoms in total. The minimum Gasteiger partial charge on any atom is -0.392 e. The lowest BCUT2D eigenvalue weighted by Gasteiger charge is -2.40. The third kappa shape index (κ3) is 9.89. The summed E-state index contributed by atoms with van der Waals surface area (Å²) in [5.41, 5.74) is 3.98. The summed E-state index contributed by atoms with van der Waals surface area (Å²) >= 11 is 6.21. The molecule has 1 saturated carbocycles. The second kappa shape index (κ2) is 18.3. The Labute approximate surface area is 299 Å². The highest BCUT2D eigenvalue weighted by Gasteiger charge is 2.41. The van der Waals surface area contributed by atoms with Gasteiger partial charge in [-0.25, -0.2) is 0 Å². The van der Waals surface area contributed by atoms with Crippen LogP contribution in [0.5, 0.6) is 0 Å². The molecule has 49 heavy (non-hydrogen) atoms. The molecule has 0 aliphatic heterocycles. The number of amides is 1. The van der Waals surface area contributed by atoms with Gasteiger partial charge in [-0.05, 0) is 59.8 Å². The molecular weight excluding hydrogens is 621 g/mol. The minimum absolute atomic E-state index is 0.00570. The second-order valence-electron chi connectivity index (χ2n) is 14.3. The number of aliphatic hydroxyl groups is 1. The Morgan fingerprint density at radius 3 is 1.76 bits per heavy atom. The quantitative estimate of drug-likeness (QED) is 0.0820. The largest absolute Gasteiger partial charge is 0.392 e. The summed E-state index contributed by atoms with van der Waals surface area (Å²) in [6, 6.07) is 41.4. The molecule has 1 fully saturated rings. The van der Waals surface area contributed by atoms with Gasteiger partial charge in [0.15, 0.2) is 0 Å². The van der Waals surface area contributed by atoms with Crippen LogP contribution in [0.1, 0.15) is 87.5 Å². The maximum absolute atomic E-state index is 13.8. The molecule has 4 aromatic rings. The first-order valence-electron chi connectivity index (χ1n) is 18.3. The lowest BCUT2D eigenvalue weighted by atomic mass is 9.65. The van der Waals surface area contributed by atoms with Gasteiger partial charge >= 0.3 is 0 Å². The normalized spacial score (nSPS) is 15.7. The summed E-state index contributed by atoms with van der Waals surface area (Å²) in [5, 5.41) is 19.2. The SMILES string of the molecule is CC(C)CC(C(=S)N[C@@H](CC1CCCCC1)C(=O)NCCc1ccccc1)C(O)CC(c1ccccc1)(c1ccccc1)c1ccccc1. The van der Waals surface area contributed by atoms with Crippen molar-refractivity contribution in [1.82, 2.24) is 10.6 Å². The van der Waals surface area contributed by atoms with Crippen LogP contribution < -0.4 is 10.6 Å². The van der Waals surface area contributed by atoms with Gasteiger partial charge in [0.1, 0.15) is 6.04 Å². The van der Waals surface area contributed by atoms with E-state index in [0.717, 1.165) is 42.4 Å². The van der Waals surface area contributed by atoms with Gasteiger partial charge in [0, 0.05) is 17.9 Å². The first-order chi connectivity index (χ1) is 23.9. The maximum atomic E-state index is 13.8. The van der Waals surface area contributed by atoms with E-state index >= 15 is 0 Å². The summed E-state index contributed by atoms with van der Waals surface area (Å²) in [6.07, 6.45) is 7.92. The van der Waals surface area contributed by atoms with Crippen LogP contribution in [0.25, 0.3) is 0 Å². The molecule has 0 aromatic heterocycles. The molecule has 0 heterocycles. The van der Waals surface area contributed by atoms with E-state index in [1.54, 1.807) is 0 Å². The molecule has 1 aliphatic carbocycles. The van der Waals surface area contributed by atoms with Gasteiger partial charge in [-0.2, -0.15) is 0 Å². The van der Waals surface area contributed by atoms with Crippen molar-refractivity contribution in [3.05, 3.63) is 144 Å². The molecule has 5 heteroatoms. The lowest BCUT2D eigenvalue weighted by Crippen LogP contribution is -2.51. The van der Waals surface area contributed by atoms with Crippen LogP contribution in [0.15, 0.2) is 121 Å². The van der Waals surface area contributed by atoms with Crippen LogP contribution in [0.3, 0.4) is 0 Å². The number of thiocarbonyl (C=S) groups is 1. The van der Waals surface area contributed by atoms with Crippen LogP contribution in [-0.2, 0) is 16.6 Å². The summed E-state index contributed by atoms with van der Waals surface area (Å²) in [5.74, 6) is 0.463. The number of nitrogens with one attached hydrogen (secondary N) is 2. The van der Waals surface area contributed by atoms with Crippen molar-refractivity contribution < 1.29 is 9.90 Å². The van der Waals surface area contributed by atoms with Gasteiger partial charge in [-0.3, -0.25) is 4.79 Å². The van der Waals surface area contributed by atoms with Gasteiger partial charge in [0.25, 0.3) is 0 Å². The van der Waals surface area contributed by atoms with Gasteiger partial charge < -0.3 is 15.7 Å². The smallest absolute Gasteiger partial charge is 0.242 e. The third-order valence-electron chi connectivity index (χ3n) is 10.3. The van der Waals surface area contributed by atoms with E-state index in [1.807, 2.05) is 36.4 Å². The predicted octanol–water partition coefficient (Wildman–Crippen LogP) is 9.05. The molecule has 0 spiro atoms. The second-order valence-corrected chi connectivity index (χ2v) is 14.8. The Morgan fingerprint density at radius 2 is 1.27 bits per heavy atom. The molecule has 2 unspecified atom stereocenters. The number of hydrogen-bond acceptors (Lipinski definition) is 3. The highest BCUT2D eigenvalue weighted by atomic mass is 32.1. The van der Waals surface area contributed by atoms with Crippen molar-refractivity contribution >= 4 is 23.1 Å². The van der Waals surface area contributed by atoms with Gasteiger partial charge in [0.2, 0.25) is 5.91 Å². The first kappa shape index (κ1) is 36.5. The number of aliphatic hydroxyl groups excluding tert-OH is 1. The van der Waals surface area contributed by atoms with Crippen molar-refractivity contribution in [1.29, 1.82) is 0 Å². The molecule has 3 N–H and O–H groups in total. The Kier molecular flexibility index (Phi) is 13.6. The molecule has 258 valence electrons. The van der Waals surface area contributed by atoms with Gasteiger partial charge in [-0.15, -0.1) is 0 Å². The molecule has 4 aromatic carbocycles. The zero-order valence-electron chi connectivity index (χ0n) is 29.3. The van der Waals surface area contributed by atoms with E-state index in [-0.39, 0.29) is 11.8 Å². The van der Waals surface area contributed by atoms with E-state index < -0.39 is 17.6 Å². The highest BCUT2D eigenvalue weighted by molar-refractivity contribution is 7.80. The summed E-state index contributed by atoms with van der Waals surface area (Å²) in [6.45, 7) is 4.93. The Bertz CT molecular complexity index is 1460. The van der Waals surface area contributed by atoms with E-state index in [0.29, 0.717) is 36.2 Å². The van der Waals surface area contributed by atoms with E-state index in [2.05, 4.69) is 109 Å². The van der Waals surface area contributed by atoms with Crippen LogP contribution in [0.4, 0.5) is 0 Å². The molecule has 1 aliphatic rings. The fourth-order valence-electron chi connectivity index (χ4n) is 7.79. The van der Waals surface area contributed by atoms with Gasteiger partial charge in [0.05, 0.1) is 11.1 Å². The fraction of sp³-hybridized carbons (Fsp3) is 0.409. The van der Waals surface area contributed by atoms with Crippen molar-refractivity contribution in [3.63, 3.8) is 0 Å². The van der Waals surface area contributed by atoms with Crippen LogP contribution in [0, 0.1) is 17.8 Å². The molecule has 0 saturated heterocycles. The monoisotopic (exact) mass is 674 g/mol. The predicted molar refractivity (Wildman–Crippen MR) is 207 cm³/mol. The molecular formula is C44H54N2O2S. The molecule has 0 radical (unpaired) electrons. The Balaban J connectivity index is 1.43. The van der Waals surface area contributed by atoms with Crippen LogP contribution in [0.2, 0.25) is 0 Å². The number of rotatable bonds is 16. The summed E-state index contributed by atoms with van der Waals surface area (Å²) < 4.78 is 0. The van der Waals surface area contributed by atoms with Crippen molar-refractivity contribution in [2.75, 3.05) is 6.54 Å². The van der Waals surface area contributed by atoms with E-state index in [4.69, 9.17) is 12.2 Å². The zero-order valence-corrected chi connectivity index (χ0v) is 30.1. The Hall–Kier alpha value is -3.80. The highest BCUT2D eigenvalue weighted by Crippen LogP contribution is 2.44. The van der Waals surface area contributed by atoms with Crippen molar-refractivity contribution in [2.24, 2.45) is 17.8 Å². The average molecular weight is 675 g/mol. The fourth-order valence-corrected chi connectivity index (χ4v) is 8.18. The van der Waals surface area contributed by atoms with Crippen molar-refractivity contribution in [2.45, 2.75) is 89.2 Å². The maximum Gasteiger partial charge on any atom is 0.242 e. The number of benzene rings is 4. The summed E-state index contributed by atoms with van der Waals surface area (Å²) in [7, 11) is 0. The Morgan fingerprint density at radius 1 is 0.776 bits per heavy atom. The lowest BCUT2D eigenvalue weighted by molar-refractivity contribution is -0.123. The molecule has 5 rings (SSSR count).